The summed E-state index contributed by atoms with van der Waals surface area (Å²) in [6, 6.07) is 0. The summed E-state index contributed by atoms with van der Waals surface area (Å²) in [6.07, 6.45) is 3.34. The maximum Gasteiger partial charge on any atom is 0.227 e. The Morgan fingerprint density at radius 1 is 1.45 bits per heavy atom. The fraction of sp³-hybridized carbons (Fsp3) is 0.929. The Bertz CT molecular complexity index is 296. The van der Waals surface area contributed by atoms with Gasteiger partial charge in [0.05, 0.1) is 5.41 Å². The Hall–Kier alpha value is -0.0300. The van der Waals surface area contributed by atoms with Gasteiger partial charge in [-0.3, -0.25) is 4.79 Å². The van der Waals surface area contributed by atoms with Gasteiger partial charge in [-0.25, -0.2) is 0 Å². The predicted molar refractivity (Wildman–Crippen MR) is 87.9 cm³/mol. The molecule has 0 aromatic heterocycles. The van der Waals surface area contributed by atoms with Crippen molar-refractivity contribution in [3.05, 3.63) is 0 Å². The van der Waals surface area contributed by atoms with Gasteiger partial charge >= 0.3 is 0 Å². The minimum absolute atomic E-state index is 0. The van der Waals surface area contributed by atoms with E-state index < -0.39 is 0 Å². The molecule has 0 aromatic carbocycles. The Labute approximate surface area is 135 Å². The number of rotatable bonds is 4. The van der Waals surface area contributed by atoms with Gasteiger partial charge in [-0.1, -0.05) is 6.92 Å². The highest BCUT2D eigenvalue weighted by atomic mass is 35.5. The van der Waals surface area contributed by atoms with Crippen LogP contribution in [0.3, 0.4) is 0 Å². The van der Waals surface area contributed by atoms with Crippen LogP contribution >= 0.6 is 24.8 Å². The van der Waals surface area contributed by atoms with Crippen LogP contribution in [0.1, 0.15) is 33.1 Å². The van der Waals surface area contributed by atoms with Gasteiger partial charge in [-0.05, 0) is 51.7 Å². The molecule has 0 aromatic rings. The number of hydrogen-bond donors (Lipinski definition) is 2. The van der Waals surface area contributed by atoms with Crippen LogP contribution in [0.25, 0.3) is 0 Å². The third-order valence-corrected chi connectivity index (χ3v) is 4.51. The van der Waals surface area contributed by atoms with Crippen LogP contribution in [-0.4, -0.2) is 50.1 Å². The number of nitrogens with zero attached hydrogens (tertiary/aromatic N) is 1. The van der Waals surface area contributed by atoms with Crippen LogP contribution in [0.15, 0.2) is 0 Å². The van der Waals surface area contributed by atoms with E-state index in [1.165, 1.54) is 13.0 Å². The first-order valence-electron chi connectivity index (χ1n) is 7.35. The largest absolute Gasteiger partial charge is 0.355 e. The van der Waals surface area contributed by atoms with Crippen molar-refractivity contribution in [2.75, 3.05) is 39.3 Å². The zero-order valence-electron chi connectivity index (χ0n) is 12.6. The average Bonchev–Trinajstić information content (AvgIpc) is 2.84. The maximum absolute atomic E-state index is 12.3. The van der Waals surface area contributed by atoms with Crippen molar-refractivity contribution in [1.82, 2.24) is 15.5 Å². The minimum Gasteiger partial charge on any atom is -0.355 e. The molecule has 120 valence electrons. The van der Waals surface area contributed by atoms with Gasteiger partial charge in [0.1, 0.15) is 0 Å². The number of amides is 1. The van der Waals surface area contributed by atoms with Crippen molar-refractivity contribution in [3.8, 4) is 0 Å². The van der Waals surface area contributed by atoms with Gasteiger partial charge in [0.25, 0.3) is 0 Å². The second-order valence-corrected chi connectivity index (χ2v) is 6.10. The second-order valence-electron chi connectivity index (χ2n) is 6.10. The molecule has 6 heteroatoms. The lowest BCUT2D eigenvalue weighted by Crippen LogP contribution is -2.49. The first-order valence-corrected chi connectivity index (χ1v) is 7.35. The van der Waals surface area contributed by atoms with Crippen molar-refractivity contribution in [1.29, 1.82) is 0 Å². The summed E-state index contributed by atoms with van der Waals surface area (Å²) in [4.78, 5) is 14.7. The highest BCUT2D eigenvalue weighted by Crippen LogP contribution is 2.25. The SMILES string of the molecule is CCN1CCC(CNC(=O)C2(C)CCCNC2)C1.Cl.Cl. The van der Waals surface area contributed by atoms with Gasteiger partial charge in [0.15, 0.2) is 0 Å². The van der Waals surface area contributed by atoms with E-state index >= 15 is 0 Å². The monoisotopic (exact) mass is 325 g/mol. The first kappa shape index (κ1) is 20.0. The number of halogens is 2. The van der Waals surface area contributed by atoms with Crippen LogP contribution in [0.5, 0.6) is 0 Å². The zero-order chi connectivity index (χ0) is 13.0. The van der Waals surface area contributed by atoms with Gasteiger partial charge in [-0.2, -0.15) is 0 Å². The van der Waals surface area contributed by atoms with Gasteiger partial charge < -0.3 is 15.5 Å². The predicted octanol–water partition coefficient (Wildman–Crippen LogP) is 1.68. The maximum atomic E-state index is 12.3. The first-order chi connectivity index (χ1) is 8.64. The lowest BCUT2D eigenvalue weighted by atomic mass is 9.82. The van der Waals surface area contributed by atoms with E-state index in [1.54, 1.807) is 0 Å². The van der Waals surface area contributed by atoms with Crippen LogP contribution < -0.4 is 10.6 Å². The summed E-state index contributed by atoms with van der Waals surface area (Å²) in [5, 5.41) is 6.51. The number of piperidine rings is 1. The second kappa shape index (κ2) is 9.08. The molecule has 2 fully saturated rings. The molecular formula is C14H29Cl2N3O. The highest BCUT2D eigenvalue weighted by Gasteiger charge is 2.34. The molecule has 2 rings (SSSR count). The standard InChI is InChI=1S/C14H27N3O.2ClH/c1-3-17-8-5-12(10-17)9-16-13(18)14(2)6-4-7-15-11-14;;/h12,15H,3-11H2,1-2H3,(H,16,18);2*1H. The minimum atomic E-state index is -0.193. The average molecular weight is 326 g/mol. The summed E-state index contributed by atoms with van der Waals surface area (Å²) in [6.45, 7) is 10.5. The van der Waals surface area contributed by atoms with Gasteiger partial charge in [-0.15, -0.1) is 24.8 Å². The van der Waals surface area contributed by atoms with Crippen LogP contribution in [0.4, 0.5) is 0 Å². The molecular weight excluding hydrogens is 297 g/mol. The number of carbonyl (C=O) groups excluding carboxylic acids is 1. The highest BCUT2D eigenvalue weighted by molar-refractivity contribution is 5.85. The molecule has 2 heterocycles. The number of hydrogen-bond acceptors (Lipinski definition) is 3. The molecule has 1 amide bonds. The van der Waals surface area contributed by atoms with Crippen molar-refractivity contribution in [2.24, 2.45) is 11.3 Å². The normalized spacial score (nSPS) is 30.2. The molecule has 2 unspecified atom stereocenters. The van der Waals surface area contributed by atoms with E-state index in [0.717, 1.165) is 45.6 Å². The zero-order valence-corrected chi connectivity index (χ0v) is 14.2. The van der Waals surface area contributed by atoms with Crippen LogP contribution in [0.2, 0.25) is 0 Å². The van der Waals surface area contributed by atoms with Crippen molar-refractivity contribution in [2.45, 2.75) is 33.1 Å². The summed E-state index contributed by atoms with van der Waals surface area (Å²) < 4.78 is 0. The molecule has 0 saturated carbocycles. The molecule has 0 bridgehead atoms. The fourth-order valence-corrected chi connectivity index (χ4v) is 3.07. The van der Waals surface area contributed by atoms with Crippen LogP contribution in [-0.2, 0) is 4.79 Å². The van der Waals surface area contributed by atoms with Crippen molar-refractivity contribution < 1.29 is 4.79 Å². The Kier molecular flexibility index (Phi) is 9.07. The topological polar surface area (TPSA) is 44.4 Å². The van der Waals surface area contributed by atoms with Crippen LogP contribution in [0, 0.1) is 11.3 Å². The van der Waals surface area contributed by atoms with E-state index in [4.69, 9.17) is 0 Å². The molecule has 2 aliphatic rings. The summed E-state index contributed by atoms with van der Waals surface area (Å²) in [5.74, 6) is 0.888. The Balaban J connectivity index is 0.00000180. The molecule has 2 N–H and O–H groups in total. The Morgan fingerprint density at radius 2 is 2.20 bits per heavy atom. The van der Waals surface area contributed by atoms with E-state index in [-0.39, 0.29) is 36.1 Å². The Morgan fingerprint density at radius 3 is 2.75 bits per heavy atom. The van der Waals surface area contributed by atoms with E-state index in [0.29, 0.717) is 5.92 Å². The van der Waals surface area contributed by atoms with E-state index in [1.807, 2.05) is 0 Å². The molecule has 2 aliphatic heterocycles. The number of likely N-dealkylation sites (tertiary alicyclic amines) is 1. The molecule has 0 aliphatic carbocycles. The molecule has 2 atom stereocenters. The lowest BCUT2D eigenvalue weighted by molar-refractivity contribution is -0.131. The quantitative estimate of drug-likeness (QED) is 0.826. The summed E-state index contributed by atoms with van der Waals surface area (Å²) in [7, 11) is 0. The number of nitrogens with one attached hydrogen (secondary N) is 2. The third kappa shape index (κ3) is 5.06. The summed E-state index contributed by atoms with van der Waals surface area (Å²) >= 11 is 0. The lowest BCUT2D eigenvalue weighted by Gasteiger charge is -2.33. The molecule has 20 heavy (non-hydrogen) atoms. The van der Waals surface area contributed by atoms with Crippen molar-refractivity contribution >= 4 is 30.7 Å². The van der Waals surface area contributed by atoms with E-state index in [9.17, 15) is 4.79 Å². The molecule has 0 radical (unpaired) electrons. The third-order valence-electron chi connectivity index (χ3n) is 4.51. The molecule has 2 saturated heterocycles. The smallest absolute Gasteiger partial charge is 0.227 e. The van der Waals surface area contributed by atoms with Crippen molar-refractivity contribution in [3.63, 3.8) is 0 Å². The van der Waals surface area contributed by atoms with E-state index in [2.05, 4.69) is 29.4 Å². The number of carbonyl (C=O) groups is 1. The van der Waals surface area contributed by atoms with Gasteiger partial charge in [0.2, 0.25) is 5.91 Å². The summed E-state index contributed by atoms with van der Waals surface area (Å²) in [5.41, 5.74) is -0.193. The van der Waals surface area contributed by atoms with Gasteiger partial charge in [0, 0.05) is 19.6 Å². The molecule has 0 spiro atoms. The fourth-order valence-electron chi connectivity index (χ4n) is 3.07. The molecule has 4 nitrogen and oxygen atoms in total.